The molecule has 0 fully saturated rings. The Morgan fingerprint density at radius 3 is 2.56 bits per heavy atom. The van der Waals surface area contributed by atoms with E-state index in [2.05, 4.69) is 64.0 Å². The van der Waals surface area contributed by atoms with Gasteiger partial charge in [0.15, 0.2) is 0 Å². The smallest absolute Gasteiger partial charge is 0.280 e. The third kappa shape index (κ3) is 4.10. The summed E-state index contributed by atoms with van der Waals surface area (Å²) in [5, 5.41) is 9.37. The molecule has 0 unspecified atom stereocenters. The van der Waals surface area contributed by atoms with E-state index in [1.807, 2.05) is 0 Å². The Labute approximate surface area is 116 Å². The summed E-state index contributed by atoms with van der Waals surface area (Å²) in [6, 6.07) is 1.01. The zero-order valence-corrected chi connectivity index (χ0v) is 12.9. The molecular weight excluding hydrogens is 296 g/mol. The molecule has 1 heterocycles. The predicted molar refractivity (Wildman–Crippen MR) is 78.0 cm³/mol. The Balaban J connectivity index is 2.56. The van der Waals surface area contributed by atoms with Gasteiger partial charge in [-0.15, -0.1) is 0 Å². The Morgan fingerprint density at radius 1 is 1.39 bits per heavy atom. The molecule has 0 spiro atoms. The topological polar surface area (TPSA) is 61.0 Å². The van der Waals surface area contributed by atoms with Gasteiger partial charge < -0.3 is 5.32 Å². The summed E-state index contributed by atoms with van der Waals surface area (Å²) in [7, 11) is 0. The van der Waals surface area contributed by atoms with Crippen LogP contribution in [0, 0.1) is 0 Å². The van der Waals surface area contributed by atoms with Gasteiger partial charge in [-0.25, -0.2) is 5.10 Å². The minimum atomic E-state index is -0.218. The quantitative estimate of drug-likeness (QED) is 0.843. The number of aromatic nitrogens is 2. The second-order valence-corrected chi connectivity index (χ2v) is 5.57. The van der Waals surface area contributed by atoms with Crippen LogP contribution in [0.15, 0.2) is 15.5 Å². The van der Waals surface area contributed by atoms with Crippen LogP contribution in [0.4, 0.5) is 5.69 Å². The van der Waals surface area contributed by atoms with E-state index in [0.717, 1.165) is 18.8 Å². The van der Waals surface area contributed by atoms with E-state index in [4.69, 9.17) is 0 Å². The van der Waals surface area contributed by atoms with Crippen LogP contribution in [-0.2, 0) is 0 Å². The molecule has 0 amide bonds. The number of rotatable bonds is 6. The van der Waals surface area contributed by atoms with Crippen molar-refractivity contribution in [3.63, 3.8) is 0 Å². The van der Waals surface area contributed by atoms with Crippen molar-refractivity contribution in [2.45, 2.75) is 39.8 Å². The number of anilines is 1. The maximum atomic E-state index is 11.3. The molecule has 18 heavy (non-hydrogen) atoms. The zero-order chi connectivity index (χ0) is 13.7. The van der Waals surface area contributed by atoms with Crippen molar-refractivity contribution in [1.29, 1.82) is 0 Å². The van der Waals surface area contributed by atoms with Crippen molar-refractivity contribution in [2.24, 2.45) is 0 Å². The molecular formula is C12H21BrN4O. The summed E-state index contributed by atoms with van der Waals surface area (Å²) in [6.45, 7) is 10.4. The van der Waals surface area contributed by atoms with Crippen molar-refractivity contribution < 1.29 is 0 Å². The number of hydrogen-bond acceptors (Lipinski definition) is 4. The third-order valence-corrected chi connectivity index (χ3v) is 3.59. The van der Waals surface area contributed by atoms with Crippen molar-refractivity contribution in [3.05, 3.63) is 21.0 Å². The number of aromatic amines is 1. The lowest BCUT2D eigenvalue weighted by atomic mass is 10.2. The van der Waals surface area contributed by atoms with Gasteiger partial charge in [-0.2, -0.15) is 5.10 Å². The highest BCUT2D eigenvalue weighted by molar-refractivity contribution is 9.10. The van der Waals surface area contributed by atoms with E-state index in [9.17, 15) is 4.79 Å². The van der Waals surface area contributed by atoms with Crippen LogP contribution in [-0.4, -0.2) is 40.3 Å². The van der Waals surface area contributed by atoms with E-state index in [-0.39, 0.29) is 5.56 Å². The molecule has 0 bridgehead atoms. The lowest BCUT2D eigenvalue weighted by Crippen LogP contribution is -2.40. The van der Waals surface area contributed by atoms with Crippen LogP contribution in [0.3, 0.4) is 0 Å². The van der Waals surface area contributed by atoms with E-state index in [1.165, 1.54) is 0 Å². The van der Waals surface area contributed by atoms with E-state index in [1.54, 1.807) is 6.20 Å². The molecule has 0 aliphatic heterocycles. The first-order chi connectivity index (χ1) is 8.43. The fourth-order valence-corrected chi connectivity index (χ4v) is 2.27. The Bertz CT molecular complexity index is 422. The SMILES string of the molecule is CC(C)N(CCNc1cn[nH]c(=O)c1Br)C(C)C. The number of H-pyrrole nitrogens is 1. The first-order valence-corrected chi connectivity index (χ1v) is 6.95. The Hall–Kier alpha value is -0.880. The van der Waals surface area contributed by atoms with Crippen LogP contribution in [0.25, 0.3) is 0 Å². The van der Waals surface area contributed by atoms with Gasteiger partial charge in [0.05, 0.1) is 11.9 Å². The molecule has 0 saturated heterocycles. The fraction of sp³-hybridized carbons (Fsp3) is 0.667. The van der Waals surface area contributed by atoms with Gasteiger partial charge in [0.2, 0.25) is 0 Å². The molecule has 0 aliphatic rings. The van der Waals surface area contributed by atoms with Crippen molar-refractivity contribution in [1.82, 2.24) is 15.1 Å². The second kappa shape index (κ2) is 6.89. The first-order valence-electron chi connectivity index (χ1n) is 6.16. The molecule has 2 N–H and O–H groups in total. The van der Waals surface area contributed by atoms with Crippen LogP contribution in [0.5, 0.6) is 0 Å². The van der Waals surface area contributed by atoms with E-state index >= 15 is 0 Å². The van der Waals surface area contributed by atoms with Gasteiger partial charge in [-0.1, -0.05) is 0 Å². The van der Waals surface area contributed by atoms with Crippen LogP contribution >= 0.6 is 15.9 Å². The first kappa shape index (κ1) is 15.2. The van der Waals surface area contributed by atoms with Gasteiger partial charge in [0.25, 0.3) is 5.56 Å². The molecule has 0 radical (unpaired) electrons. The van der Waals surface area contributed by atoms with Crippen LogP contribution < -0.4 is 10.9 Å². The van der Waals surface area contributed by atoms with Gasteiger partial charge >= 0.3 is 0 Å². The molecule has 6 heteroatoms. The number of nitrogens with one attached hydrogen (secondary N) is 2. The number of halogens is 1. The third-order valence-electron chi connectivity index (χ3n) is 2.81. The molecule has 102 valence electrons. The molecule has 0 saturated carbocycles. The highest BCUT2D eigenvalue weighted by Gasteiger charge is 2.12. The molecule has 1 aromatic rings. The lowest BCUT2D eigenvalue weighted by molar-refractivity contribution is 0.182. The van der Waals surface area contributed by atoms with Crippen LogP contribution in [0.2, 0.25) is 0 Å². The summed E-state index contributed by atoms with van der Waals surface area (Å²) in [5.74, 6) is 0. The monoisotopic (exact) mass is 316 g/mol. The molecule has 1 aromatic heterocycles. The highest BCUT2D eigenvalue weighted by Crippen LogP contribution is 2.15. The largest absolute Gasteiger partial charge is 0.381 e. The minimum Gasteiger partial charge on any atom is -0.381 e. The number of nitrogens with zero attached hydrogens (tertiary/aromatic N) is 2. The van der Waals surface area contributed by atoms with Gasteiger partial charge in [-0.05, 0) is 43.6 Å². The van der Waals surface area contributed by atoms with Crippen molar-refractivity contribution in [2.75, 3.05) is 18.4 Å². The number of hydrogen-bond donors (Lipinski definition) is 2. The molecule has 5 nitrogen and oxygen atoms in total. The minimum absolute atomic E-state index is 0.218. The van der Waals surface area contributed by atoms with Gasteiger partial charge in [0.1, 0.15) is 4.47 Å². The average molecular weight is 317 g/mol. The maximum Gasteiger partial charge on any atom is 0.280 e. The summed E-state index contributed by atoms with van der Waals surface area (Å²) in [5.41, 5.74) is 0.510. The van der Waals surface area contributed by atoms with E-state index < -0.39 is 0 Å². The highest BCUT2D eigenvalue weighted by atomic mass is 79.9. The standard InChI is InChI=1S/C12H21BrN4O/c1-8(2)17(9(3)4)6-5-14-10-7-15-16-12(18)11(10)13/h7-9H,5-6H2,1-4H3,(H2,14,16,18). The predicted octanol–water partition coefficient (Wildman–Crippen LogP) is 2.06. The molecule has 0 atom stereocenters. The average Bonchev–Trinajstić information content (AvgIpc) is 2.28. The summed E-state index contributed by atoms with van der Waals surface area (Å²) < 4.78 is 0.498. The summed E-state index contributed by atoms with van der Waals surface area (Å²) >= 11 is 3.25. The normalized spacial score (nSPS) is 11.6. The fourth-order valence-electron chi connectivity index (χ4n) is 1.94. The summed E-state index contributed by atoms with van der Waals surface area (Å²) in [4.78, 5) is 13.7. The Morgan fingerprint density at radius 2 is 2.00 bits per heavy atom. The second-order valence-electron chi connectivity index (χ2n) is 4.78. The van der Waals surface area contributed by atoms with Gasteiger partial charge in [-0.3, -0.25) is 9.69 Å². The van der Waals surface area contributed by atoms with Crippen molar-refractivity contribution in [3.8, 4) is 0 Å². The zero-order valence-electron chi connectivity index (χ0n) is 11.3. The Kier molecular flexibility index (Phi) is 5.81. The van der Waals surface area contributed by atoms with Crippen LogP contribution in [0.1, 0.15) is 27.7 Å². The molecule has 1 rings (SSSR count). The lowest BCUT2D eigenvalue weighted by Gasteiger charge is -2.30. The van der Waals surface area contributed by atoms with Gasteiger partial charge in [0, 0.05) is 25.2 Å². The molecule has 0 aliphatic carbocycles. The van der Waals surface area contributed by atoms with Crippen molar-refractivity contribution >= 4 is 21.6 Å². The van der Waals surface area contributed by atoms with E-state index in [0.29, 0.717) is 16.6 Å². The maximum absolute atomic E-state index is 11.3. The summed E-state index contributed by atoms with van der Waals surface area (Å²) in [6.07, 6.45) is 1.61. The molecule has 0 aromatic carbocycles.